The lowest BCUT2D eigenvalue weighted by Gasteiger charge is -2.35. The summed E-state index contributed by atoms with van der Waals surface area (Å²) >= 11 is 6.23. The van der Waals surface area contributed by atoms with Gasteiger partial charge >= 0.3 is 0 Å². The van der Waals surface area contributed by atoms with E-state index >= 15 is 0 Å². The summed E-state index contributed by atoms with van der Waals surface area (Å²) in [7, 11) is 0. The van der Waals surface area contributed by atoms with E-state index in [1.54, 1.807) is 6.33 Å². The number of aromatic nitrogens is 2. The monoisotopic (exact) mass is 302 g/mol. The van der Waals surface area contributed by atoms with Gasteiger partial charge in [0, 0.05) is 49.5 Å². The molecule has 0 atom stereocenters. The maximum atomic E-state index is 6.23. The molecule has 5 heteroatoms. The zero-order chi connectivity index (χ0) is 14.7. The summed E-state index contributed by atoms with van der Waals surface area (Å²) in [6, 6.07) is 10.1. The van der Waals surface area contributed by atoms with Gasteiger partial charge < -0.3 is 4.90 Å². The number of benzene rings is 1. The average Bonchev–Trinajstić information content (AvgIpc) is 2.50. The van der Waals surface area contributed by atoms with Crippen LogP contribution in [0.1, 0.15) is 11.3 Å². The third-order valence-corrected chi connectivity index (χ3v) is 4.21. The van der Waals surface area contributed by atoms with Gasteiger partial charge in [0.25, 0.3) is 0 Å². The van der Waals surface area contributed by atoms with Gasteiger partial charge in [-0.05, 0) is 18.6 Å². The van der Waals surface area contributed by atoms with E-state index in [1.807, 2.05) is 31.2 Å². The molecule has 0 radical (unpaired) electrons. The van der Waals surface area contributed by atoms with Crippen LogP contribution < -0.4 is 4.90 Å². The summed E-state index contributed by atoms with van der Waals surface area (Å²) in [5.41, 5.74) is 2.21. The summed E-state index contributed by atoms with van der Waals surface area (Å²) in [4.78, 5) is 13.3. The van der Waals surface area contributed by atoms with Crippen molar-refractivity contribution in [2.45, 2.75) is 13.5 Å². The van der Waals surface area contributed by atoms with Crippen LogP contribution >= 0.6 is 11.6 Å². The number of rotatable bonds is 3. The minimum atomic E-state index is 0.853. The Labute approximate surface area is 130 Å². The normalized spacial score (nSPS) is 16.2. The summed E-state index contributed by atoms with van der Waals surface area (Å²) in [6.45, 7) is 6.93. The topological polar surface area (TPSA) is 32.3 Å². The second kappa shape index (κ2) is 6.41. The van der Waals surface area contributed by atoms with E-state index in [9.17, 15) is 0 Å². The van der Waals surface area contributed by atoms with Gasteiger partial charge in [-0.2, -0.15) is 0 Å². The molecule has 2 heterocycles. The number of hydrogen-bond donors (Lipinski definition) is 0. The van der Waals surface area contributed by atoms with Gasteiger partial charge in [0.2, 0.25) is 0 Å². The van der Waals surface area contributed by atoms with Crippen LogP contribution in [0.5, 0.6) is 0 Å². The van der Waals surface area contributed by atoms with Gasteiger partial charge in [0.1, 0.15) is 12.1 Å². The van der Waals surface area contributed by atoms with Gasteiger partial charge in [0.15, 0.2) is 0 Å². The second-order valence-electron chi connectivity index (χ2n) is 5.37. The molecule has 0 bridgehead atoms. The molecular weight excluding hydrogens is 284 g/mol. The maximum absolute atomic E-state index is 6.23. The first kappa shape index (κ1) is 14.3. The summed E-state index contributed by atoms with van der Waals surface area (Å²) in [6.07, 6.45) is 1.64. The van der Waals surface area contributed by atoms with Crippen LogP contribution in [0.15, 0.2) is 36.7 Å². The second-order valence-corrected chi connectivity index (χ2v) is 5.78. The molecule has 110 valence electrons. The largest absolute Gasteiger partial charge is 0.354 e. The molecular formula is C16H19ClN4. The Kier molecular flexibility index (Phi) is 4.36. The fourth-order valence-corrected chi connectivity index (χ4v) is 2.81. The van der Waals surface area contributed by atoms with Crippen molar-refractivity contribution in [1.82, 2.24) is 14.9 Å². The van der Waals surface area contributed by atoms with Crippen LogP contribution in [0.2, 0.25) is 5.02 Å². The highest BCUT2D eigenvalue weighted by molar-refractivity contribution is 6.31. The van der Waals surface area contributed by atoms with Crippen molar-refractivity contribution in [2.24, 2.45) is 0 Å². The molecule has 2 aromatic rings. The van der Waals surface area contributed by atoms with Crippen LogP contribution in [-0.4, -0.2) is 41.0 Å². The predicted molar refractivity (Wildman–Crippen MR) is 85.7 cm³/mol. The van der Waals surface area contributed by atoms with Crippen LogP contribution in [0, 0.1) is 6.92 Å². The van der Waals surface area contributed by atoms with Crippen molar-refractivity contribution in [2.75, 3.05) is 31.1 Å². The lowest BCUT2D eigenvalue weighted by atomic mass is 10.2. The summed E-state index contributed by atoms with van der Waals surface area (Å²) in [5.74, 6) is 1.03. The van der Waals surface area contributed by atoms with Crippen molar-refractivity contribution in [3.63, 3.8) is 0 Å². The third-order valence-electron chi connectivity index (χ3n) is 3.84. The van der Waals surface area contributed by atoms with E-state index in [4.69, 9.17) is 11.6 Å². The number of hydrogen-bond acceptors (Lipinski definition) is 4. The van der Waals surface area contributed by atoms with Crippen LogP contribution in [0.3, 0.4) is 0 Å². The Morgan fingerprint density at radius 1 is 1.10 bits per heavy atom. The van der Waals surface area contributed by atoms with Crippen molar-refractivity contribution < 1.29 is 0 Å². The lowest BCUT2D eigenvalue weighted by Crippen LogP contribution is -2.46. The molecule has 0 N–H and O–H groups in total. The summed E-state index contributed by atoms with van der Waals surface area (Å²) < 4.78 is 0. The van der Waals surface area contributed by atoms with Gasteiger partial charge in [-0.1, -0.05) is 29.8 Å². The smallest absolute Gasteiger partial charge is 0.132 e. The quantitative estimate of drug-likeness (QED) is 0.873. The summed E-state index contributed by atoms with van der Waals surface area (Å²) in [5, 5.41) is 0.853. The average molecular weight is 303 g/mol. The number of piperazine rings is 1. The molecule has 0 aliphatic carbocycles. The van der Waals surface area contributed by atoms with E-state index < -0.39 is 0 Å². The molecule has 1 aromatic heterocycles. The molecule has 4 nitrogen and oxygen atoms in total. The van der Waals surface area contributed by atoms with Crippen LogP contribution in [0.4, 0.5) is 5.82 Å². The molecule has 1 fully saturated rings. The van der Waals surface area contributed by atoms with E-state index in [0.717, 1.165) is 49.3 Å². The highest BCUT2D eigenvalue weighted by atomic mass is 35.5. The van der Waals surface area contributed by atoms with Crippen molar-refractivity contribution in [3.05, 3.63) is 52.9 Å². The Bertz CT molecular complexity index is 609. The fourth-order valence-electron chi connectivity index (χ4n) is 2.62. The zero-order valence-electron chi connectivity index (χ0n) is 12.2. The molecule has 0 unspecified atom stereocenters. The van der Waals surface area contributed by atoms with Gasteiger partial charge in [-0.25, -0.2) is 9.97 Å². The Hall–Kier alpha value is -1.65. The molecule has 3 rings (SSSR count). The Morgan fingerprint density at radius 2 is 1.86 bits per heavy atom. The molecule has 1 saturated heterocycles. The van der Waals surface area contributed by atoms with E-state index in [0.29, 0.717) is 0 Å². The minimum Gasteiger partial charge on any atom is -0.354 e. The molecule has 0 saturated carbocycles. The molecule has 1 aliphatic rings. The first-order valence-electron chi connectivity index (χ1n) is 7.22. The standard InChI is InChI=1S/C16H19ClN4/c1-13-10-16(19-12-18-13)21-8-6-20(7-9-21)11-14-4-2-3-5-15(14)17/h2-5,10,12H,6-9,11H2,1H3. The minimum absolute atomic E-state index is 0.853. The highest BCUT2D eigenvalue weighted by Gasteiger charge is 2.18. The number of nitrogens with zero attached hydrogens (tertiary/aromatic N) is 4. The number of halogens is 1. The van der Waals surface area contributed by atoms with Gasteiger partial charge in [-0.15, -0.1) is 0 Å². The van der Waals surface area contributed by atoms with Crippen molar-refractivity contribution in [3.8, 4) is 0 Å². The SMILES string of the molecule is Cc1cc(N2CCN(Cc3ccccc3Cl)CC2)ncn1. The Morgan fingerprint density at radius 3 is 2.57 bits per heavy atom. The van der Waals surface area contributed by atoms with Gasteiger partial charge in [0.05, 0.1) is 0 Å². The van der Waals surface area contributed by atoms with Crippen LogP contribution in [0.25, 0.3) is 0 Å². The van der Waals surface area contributed by atoms with Crippen molar-refractivity contribution >= 4 is 17.4 Å². The maximum Gasteiger partial charge on any atom is 0.132 e. The zero-order valence-corrected chi connectivity index (χ0v) is 12.9. The van der Waals surface area contributed by atoms with Crippen molar-refractivity contribution in [1.29, 1.82) is 0 Å². The molecule has 1 aromatic carbocycles. The predicted octanol–water partition coefficient (Wildman–Crippen LogP) is 2.76. The Balaban J connectivity index is 1.59. The first-order chi connectivity index (χ1) is 10.2. The molecule has 21 heavy (non-hydrogen) atoms. The third kappa shape index (κ3) is 3.52. The lowest BCUT2D eigenvalue weighted by molar-refractivity contribution is 0.249. The molecule has 1 aliphatic heterocycles. The number of aryl methyl sites for hydroxylation is 1. The van der Waals surface area contributed by atoms with E-state index in [1.165, 1.54) is 5.56 Å². The van der Waals surface area contributed by atoms with E-state index in [-0.39, 0.29) is 0 Å². The van der Waals surface area contributed by atoms with Crippen LogP contribution in [-0.2, 0) is 6.54 Å². The molecule has 0 spiro atoms. The highest BCUT2D eigenvalue weighted by Crippen LogP contribution is 2.19. The fraction of sp³-hybridized carbons (Fsp3) is 0.375. The number of anilines is 1. The molecule has 0 amide bonds. The van der Waals surface area contributed by atoms with E-state index in [2.05, 4.69) is 25.8 Å². The first-order valence-corrected chi connectivity index (χ1v) is 7.59. The van der Waals surface area contributed by atoms with Gasteiger partial charge in [-0.3, -0.25) is 4.90 Å².